The lowest BCUT2D eigenvalue weighted by Gasteiger charge is -2.17. The lowest BCUT2D eigenvalue weighted by Crippen LogP contribution is -2.27. The van der Waals surface area contributed by atoms with Crippen molar-refractivity contribution in [1.82, 2.24) is 4.90 Å². The smallest absolute Gasteiger partial charge is 0.339 e. The zero-order valence-electron chi connectivity index (χ0n) is 14.0. The second-order valence-corrected chi connectivity index (χ2v) is 6.50. The van der Waals surface area contributed by atoms with Gasteiger partial charge >= 0.3 is 5.97 Å². The predicted molar refractivity (Wildman–Crippen MR) is 105 cm³/mol. The van der Waals surface area contributed by atoms with Crippen molar-refractivity contribution in [2.75, 3.05) is 26.2 Å². The number of halogens is 1. The molecular formula is C19H22ClNO2S. The Morgan fingerprint density at radius 2 is 1.75 bits per heavy atom. The number of fused-ring (bicyclic) bond motifs is 3. The standard InChI is InChI=1S/C19H21NO2S.ClH/c1-3-20(4-2)12-13-22-19(21)16-10-7-9-15-14-8-5-6-11-17(14)23-18(15)16;/h5-11H,3-4,12-13H2,1-2H3;1H. The maximum atomic E-state index is 12.5. The minimum absolute atomic E-state index is 0. The maximum absolute atomic E-state index is 12.5. The van der Waals surface area contributed by atoms with E-state index in [1.54, 1.807) is 11.3 Å². The highest BCUT2D eigenvalue weighted by atomic mass is 35.5. The van der Waals surface area contributed by atoms with Crippen LogP contribution in [0.2, 0.25) is 0 Å². The number of carbonyl (C=O) groups is 1. The van der Waals surface area contributed by atoms with Crippen LogP contribution in [0.5, 0.6) is 0 Å². The molecule has 0 aliphatic carbocycles. The van der Waals surface area contributed by atoms with Crippen LogP contribution in [-0.4, -0.2) is 37.1 Å². The van der Waals surface area contributed by atoms with Gasteiger partial charge in [-0.05, 0) is 25.2 Å². The highest BCUT2D eigenvalue weighted by Gasteiger charge is 2.15. The topological polar surface area (TPSA) is 29.5 Å². The monoisotopic (exact) mass is 363 g/mol. The van der Waals surface area contributed by atoms with Crippen LogP contribution in [0.3, 0.4) is 0 Å². The Balaban J connectivity index is 0.00000208. The summed E-state index contributed by atoms with van der Waals surface area (Å²) < 4.78 is 7.71. The summed E-state index contributed by atoms with van der Waals surface area (Å²) in [7, 11) is 0. The molecule has 1 heterocycles. The van der Waals surface area contributed by atoms with Crippen molar-refractivity contribution < 1.29 is 9.53 Å². The van der Waals surface area contributed by atoms with Crippen LogP contribution in [0.15, 0.2) is 42.5 Å². The summed E-state index contributed by atoms with van der Waals surface area (Å²) in [5.41, 5.74) is 0.670. The number of hydrogen-bond donors (Lipinski definition) is 0. The highest BCUT2D eigenvalue weighted by Crippen LogP contribution is 2.35. The Labute approximate surface area is 152 Å². The summed E-state index contributed by atoms with van der Waals surface area (Å²) in [4.78, 5) is 14.7. The Morgan fingerprint density at radius 1 is 1.04 bits per heavy atom. The van der Waals surface area contributed by atoms with Crippen molar-refractivity contribution in [2.24, 2.45) is 0 Å². The number of nitrogens with zero attached hydrogens (tertiary/aromatic N) is 1. The summed E-state index contributed by atoms with van der Waals surface area (Å²) >= 11 is 1.65. The van der Waals surface area contributed by atoms with Gasteiger partial charge in [-0.25, -0.2) is 4.79 Å². The number of hydrogen-bond acceptors (Lipinski definition) is 4. The highest BCUT2D eigenvalue weighted by molar-refractivity contribution is 7.26. The van der Waals surface area contributed by atoms with Gasteiger partial charge in [0.1, 0.15) is 6.61 Å². The Hall–Kier alpha value is -1.62. The third-order valence-corrected chi connectivity index (χ3v) is 5.38. The van der Waals surface area contributed by atoms with Crippen LogP contribution < -0.4 is 0 Å². The summed E-state index contributed by atoms with van der Waals surface area (Å²) in [6.07, 6.45) is 0. The van der Waals surface area contributed by atoms with Gasteiger partial charge in [-0.2, -0.15) is 0 Å². The van der Waals surface area contributed by atoms with Crippen LogP contribution in [0.1, 0.15) is 24.2 Å². The number of thiophene rings is 1. The van der Waals surface area contributed by atoms with E-state index in [1.807, 2.05) is 24.3 Å². The molecule has 0 spiro atoms. The average Bonchev–Trinajstić information content (AvgIpc) is 2.97. The number of carbonyl (C=O) groups excluding carboxylic acids is 1. The molecule has 0 unspecified atom stereocenters. The summed E-state index contributed by atoms with van der Waals surface area (Å²) in [6.45, 7) is 7.38. The van der Waals surface area contributed by atoms with Gasteiger partial charge in [0.05, 0.1) is 10.3 Å². The van der Waals surface area contributed by atoms with E-state index in [9.17, 15) is 4.79 Å². The molecule has 0 saturated carbocycles. The van der Waals surface area contributed by atoms with E-state index in [-0.39, 0.29) is 18.4 Å². The van der Waals surface area contributed by atoms with E-state index in [2.05, 4.69) is 36.9 Å². The van der Waals surface area contributed by atoms with Gasteiger partial charge in [0.2, 0.25) is 0 Å². The Morgan fingerprint density at radius 3 is 2.50 bits per heavy atom. The molecule has 0 atom stereocenters. The number of benzene rings is 2. The molecule has 0 aliphatic heterocycles. The zero-order valence-corrected chi connectivity index (χ0v) is 15.6. The van der Waals surface area contributed by atoms with E-state index in [0.717, 1.165) is 29.7 Å². The van der Waals surface area contributed by atoms with Crippen molar-refractivity contribution >= 4 is 49.9 Å². The third-order valence-electron chi connectivity index (χ3n) is 4.16. The molecular weight excluding hydrogens is 342 g/mol. The molecule has 3 nitrogen and oxygen atoms in total. The van der Waals surface area contributed by atoms with Gasteiger partial charge < -0.3 is 9.64 Å². The Bertz CT molecular complexity index is 826. The van der Waals surface area contributed by atoms with E-state index in [4.69, 9.17) is 4.74 Å². The minimum atomic E-state index is -0.227. The first-order valence-electron chi connectivity index (χ1n) is 8.04. The molecule has 0 N–H and O–H groups in total. The molecule has 0 aliphatic rings. The van der Waals surface area contributed by atoms with Gasteiger partial charge in [-0.1, -0.05) is 44.2 Å². The number of esters is 1. The van der Waals surface area contributed by atoms with Gasteiger partial charge in [-0.15, -0.1) is 23.7 Å². The summed E-state index contributed by atoms with van der Waals surface area (Å²) in [5, 5.41) is 2.33. The van der Waals surface area contributed by atoms with E-state index < -0.39 is 0 Å². The fraction of sp³-hybridized carbons (Fsp3) is 0.316. The lowest BCUT2D eigenvalue weighted by molar-refractivity contribution is 0.0469. The van der Waals surface area contributed by atoms with Crippen molar-refractivity contribution in [2.45, 2.75) is 13.8 Å². The third kappa shape index (κ3) is 3.72. The lowest BCUT2D eigenvalue weighted by atomic mass is 10.1. The molecule has 2 aromatic carbocycles. The van der Waals surface area contributed by atoms with Gasteiger partial charge in [0.15, 0.2) is 0 Å². The first kappa shape index (κ1) is 18.7. The van der Waals surface area contributed by atoms with Crippen LogP contribution in [0, 0.1) is 0 Å². The molecule has 0 radical (unpaired) electrons. The van der Waals surface area contributed by atoms with E-state index in [1.165, 1.54) is 10.1 Å². The van der Waals surface area contributed by atoms with Crippen LogP contribution in [0.4, 0.5) is 0 Å². The molecule has 5 heteroatoms. The van der Waals surface area contributed by atoms with Crippen molar-refractivity contribution in [3.63, 3.8) is 0 Å². The van der Waals surface area contributed by atoms with Crippen LogP contribution in [-0.2, 0) is 4.74 Å². The molecule has 0 bridgehead atoms. The molecule has 0 saturated heterocycles. The zero-order chi connectivity index (χ0) is 16.2. The fourth-order valence-electron chi connectivity index (χ4n) is 2.79. The van der Waals surface area contributed by atoms with E-state index in [0.29, 0.717) is 12.2 Å². The second-order valence-electron chi connectivity index (χ2n) is 5.44. The van der Waals surface area contributed by atoms with Gasteiger partial charge in [0.25, 0.3) is 0 Å². The first-order chi connectivity index (χ1) is 11.2. The largest absolute Gasteiger partial charge is 0.461 e. The van der Waals surface area contributed by atoms with Gasteiger partial charge in [-0.3, -0.25) is 0 Å². The van der Waals surface area contributed by atoms with Crippen molar-refractivity contribution in [3.8, 4) is 0 Å². The molecule has 3 rings (SSSR count). The van der Waals surface area contributed by atoms with Crippen molar-refractivity contribution in [3.05, 3.63) is 48.0 Å². The molecule has 128 valence electrons. The SMILES string of the molecule is CCN(CC)CCOC(=O)c1cccc2c1sc1ccccc12.Cl. The molecule has 0 amide bonds. The summed E-state index contributed by atoms with van der Waals surface area (Å²) in [5.74, 6) is -0.227. The van der Waals surface area contributed by atoms with Crippen LogP contribution >= 0.6 is 23.7 Å². The first-order valence-corrected chi connectivity index (χ1v) is 8.86. The average molecular weight is 364 g/mol. The molecule has 3 aromatic rings. The fourth-order valence-corrected chi connectivity index (χ4v) is 4.00. The number of rotatable bonds is 6. The maximum Gasteiger partial charge on any atom is 0.339 e. The Kier molecular flexibility index (Phi) is 6.60. The van der Waals surface area contributed by atoms with Gasteiger partial charge in [0, 0.05) is 22.0 Å². The minimum Gasteiger partial charge on any atom is -0.461 e. The van der Waals surface area contributed by atoms with Crippen LogP contribution in [0.25, 0.3) is 20.2 Å². The molecule has 0 fully saturated rings. The summed E-state index contributed by atoms with van der Waals surface area (Å²) in [6, 6.07) is 14.1. The normalized spacial score (nSPS) is 11.0. The quantitative estimate of drug-likeness (QED) is 0.579. The molecule has 24 heavy (non-hydrogen) atoms. The molecule has 1 aromatic heterocycles. The predicted octanol–water partition coefficient (Wildman–Crippen LogP) is 4.97. The van der Waals surface area contributed by atoms with Crippen molar-refractivity contribution in [1.29, 1.82) is 0 Å². The van der Waals surface area contributed by atoms with E-state index >= 15 is 0 Å². The second kappa shape index (κ2) is 8.47. The number of likely N-dealkylation sites (N-methyl/N-ethyl adjacent to an activating group) is 1. The number of ether oxygens (including phenoxy) is 1.